The van der Waals surface area contributed by atoms with Crippen LogP contribution in [0.3, 0.4) is 0 Å². The van der Waals surface area contributed by atoms with Crippen molar-refractivity contribution in [2.45, 2.75) is 18.9 Å². The summed E-state index contributed by atoms with van der Waals surface area (Å²) in [5.74, 6) is -0.773. The first kappa shape index (κ1) is 13.8. The fraction of sp³-hybridized carbons (Fsp3) is 0.333. The molecule has 0 aromatic heterocycles. The Labute approximate surface area is 115 Å². The second-order valence-electron chi connectivity index (χ2n) is 4.47. The minimum atomic E-state index is -0.557. The van der Waals surface area contributed by atoms with Crippen molar-refractivity contribution in [1.29, 1.82) is 0 Å². The molecule has 1 aromatic rings. The summed E-state index contributed by atoms with van der Waals surface area (Å²) in [5.41, 5.74) is 10.8. The number of para-hydroxylation sites is 2. The minimum absolute atomic E-state index is 0.0306. The van der Waals surface area contributed by atoms with Crippen molar-refractivity contribution in [3.63, 3.8) is 0 Å². The Hall–Kier alpha value is -2.64. The quantitative estimate of drug-likeness (QED) is 0.355. The highest BCUT2D eigenvalue weighted by Gasteiger charge is 2.34. The van der Waals surface area contributed by atoms with Crippen molar-refractivity contribution in [3.05, 3.63) is 34.4 Å². The van der Waals surface area contributed by atoms with Gasteiger partial charge in [0.15, 0.2) is 5.96 Å². The molecule has 8 nitrogen and oxygen atoms in total. The van der Waals surface area contributed by atoms with E-state index in [0.717, 1.165) is 6.42 Å². The van der Waals surface area contributed by atoms with Crippen molar-refractivity contribution in [2.24, 2.45) is 16.5 Å². The van der Waals surface area contributed by atoms with Crippen LogP contribution < -0.4 is 16.4 Å². The van der Waals surface area contributed by atoms with Gasteiger partial charge in [0.1, 0.15) is 11.7 Å². The monoisotopic (exact) mass is 277 g/mol. The van der Waals surface area contributed by atoms with Crippen molar-refractivity contribution in [2.75, 3.05) is 11.4 Å². The number of hydrogen-bond acceptors (Lipinski definition) is 4. The largest absolute Gasteiger partial charge is 0.370 e. The van der Waals surface area contributed by atoms with Crippen LogP contribution in [0.2, 0.25) is 0 Å². The molecule has 4 N–H and O–H groups in total. The molecule has 1 amide bonds. The first-order valence-electron chi connectivity index (χ1n) is 6.14. The van der Waals surface area contributed by atoms with Crippen molar-refractivity contribution >= 4 is 23.2 Å². The number of nitro benzene ring substituents is 1. The van der Waals surface area contributed by atoms with Crippen LogP contribution in [-0.4, -0.2) is 29.4 Å². The van der Waals surface area contributed by atoms with E-state index in [9.17, 15) is 14.9 Å². The smallest absolute Gasteiger partial charge is 0.292 e. The van der Waals surface area contributed by atoms with Gasteiger partial charge in [0.25, 0.3) is 11.6 Å². The molecule has 1 saturated heterocycles. The summed E-state index contributed by atoms with van der Waals surface area (Å²) in [5, 5.41) is 11.1. The molecule has 1 fully saturated rings. The van der Waals surface area contributed by atoms with Gasteiger partial charge >= 0.3 is 0 Å². The maximum atomic E-state index is 12.0. The molecule has 1 aromatic carbocycles. The molecule has 0 saturated carbocycles. The molecule has 1 aliphatic rings. The minimum Gasteiger partial charge on any atom is -0.370 e. The number of anilines is 1. The molecule has 1 aliphatic heterocycles. The molecular weight excluding hydrogens is 262 g/mol. The number of nitrogens with zero attached hydrogens (tertiary/aromatic N) is 3. The summed E-state index contributed by atoms with van der Waals surface area (Å²) in [6, 6.07) is 5.76. The zero-order valence-electron chi connectivity index (χ0n) is 10.7. The van der Waals surface area contributed by atoms with Gasteiger partial charge in [-0.3, -0.25) is 14.9 Å². The number of hydrogen-bond donors (Lipinski definition) is 2. The SMILES string of the molecule is NC(N)=NC(=O)C1CCCN1c1ccccc1[N+](=O)[O-]. The number of benzene rings is 1. The van der Waals surface area contributed by atoms with Crippen LogP contribution >= 0.6 is 0 Å². The number of guanidine groups is 1. The first-order chi connectivity index (χ1) is 9.50. The molecule has 0 spiro atoms. The Morgan fingerprint density at radius 3 is 2.75 bits per heavy atom. The molecule has 20 heavy (non-hydrogen) atoms. The molecule has 1 atom stereocenters. The zero-order valence-corrected chi connectivity index (χ0v) is 10.7. The predicted molar refractivity (Wildman–Crippen MR) is 74.3 cm³/mol. The number of carbonyl (C=O) groups is 1. The summed E-state index contributed by atoms with van der Waals surface area (Å²) in [6.07, 6.45) is 1.32. The fourth-order valence-electron chi connectivity index (χ4n) is 2.37. The lowest BCUT2D eigenvalue weighted by molar-refractivity contribution is -0.384. The van der Waals surface area contributed by atoms with E-state index in [4.69, 9.17) is 11.5 Å². The Morgan fingerprint density at radius 1 is 1.40 bits per heavy atom. The average molecular weight is 277 g/mol. The van der Waals surface area contributed by atoms with E-state index >= 15 is 0 Å². The molecule has 106 valence electrons. The average Bonchev–Trinajstić information content (AvgIpc) is 2.87. The van der Waals surface area contributed by atoms with E-state index in [1.165, 1.54) is 6.07 Å². The van der Waals surface area contributed by atoms with Crippen LogP contribution in [0.1, 0.15) is 12.8 Å². The van der Waals surface area contributed by atoms with Gasteiger partial charge in [-0.2, -0.15) is 4.99 Å². The molecule has 8 heteroatoms. The molecule has 1 unspecified atom stereocenters. The lowest BCUT2D eigenvalue weighted by Crippen LogP contribution is -2.37. The van der Waals surface area contributed by atoms with E-state index in [1.807, 2.05) is 0 Å². The molecular formula is C12H15N5O3. The first-order valence-corrected chi connectivity index (χ1v) is 6.14. The lowest BCUT2D eigenvalue weighted by atomic mass is 10.2. The standard InChI is InChI=1S/C12H15N5O3/c13-12(14)15-11(18)10-6-3-7-16(10)8-4-1-2-5-9(8)17(19)20/h1-2,4-5,10H,3,6-7H2,(H4,13,14,15,18). The Morgan fingerprint density at radius 2 is 2.10 bits per heavy atom. The van der Waals surface area contributed by atoms with Gasteiger partial charge in [0.2, 0.25) is 0 Å². The highest BCUT2D eigenvalue weighted by atomic mass is 16.6. The maximum absolute atomic E-state index is 12.0. The van der Waals surface area contributed by atoms with Crippen LogP contribution in [0.5, 0.6) is 0 Å². The normalized spacial score (nSPS) is 17.8. The van der Waals surface area contributed by atoms with Gasteiger partial charge in [0.05, 0.1) is 4.92 Å². The second-order valence-corrected chi connectivity index (χ2v) is 4.47. The topological polar surface area (TPSA) is 128 Å². The second kappa shape index (κ2) is 5.55. The summed E-state index contributed by atoms with van der Waals surface area (Å²) in [6.45, 7) is 0.557. The number of nitro groups is 1. The van der Waals surface area contributed by atoms with E-state index < -0.39 is 16.9 Å². The third-order valence-corrected chi connectivity index (χ3v) is 3.17. The van der Waals surface area contributed by atoms with Gasteiger partial charge < -0.3 is 16.4 Å². The lowest BCUT2D eigenvalue weighted by Gasteiger charge is -2.23. The summed E-state index contributed by atoms with van der Waals surface area (Å²) in [7, 11) is 0. The van der Waals surface area contributed by atoms with Crippen molar-refractivity contribution in [3.8, 4) is 0 Å². The fourth-order valence-corrected chi connectivity index (χ4v) is 2.37. The Bertz CT molecular complexity index is 568. The van der Waals surface area contributed by atoms with E-state index in [-0.39, 0.29) is 11.6 Å². The number of amides is 1. The van der Waals surface area contributed by atoms with Crippen molar-refractivity contribution in [1.82, 2.24) is 0 Å². The van der Waals surface area contributed by atoms with Gasteiger partial charge in [-0.25, -0.2) is 0 Å². The van der Waals surface area contributed by atoms with Crippen LogP contribution in [0.25, 0.3) is 0 Å². The van der Waals surface area contributed by atoms with Crippen LogP contribution in [0, 0.1) is 10.1 Å². The third-order valence-electron chi connectivity index (χ3n) is 3.17. The van der Waals surface area contributed by atoms with Crippen LogP contribution in [0.15, 0.2) is 29.3 Å². The Balaban J connectivity index is 2.34. The van der Waals surface area contributed by atoms with E-state index in [0.29, 0.717) is 18.7 Å². The molecule has 0 aliphatic carbocycles. The third kappa shape index (κ3) is 2.68. The molecule has 1 heterocycles. The van der Waals surface area contributed by atoms with Gasteiger partial charge in [-0.15, -0.1) is 0 Å². The van der Waals surface area contributed by atoms with Crippen molar-refractivity contribution < 1.29 is 9.72 Å². The maximum Gasteiger partial charge on any atom is 0.292 e. The van der Waals surface area contributed by atoms with Crippen LogP contribution in [-0.2, 0) is 4.79 Å². The summed E-state index contributed by atoms with van der Waals surface area (Å²) < 4.78 is 0. The molecule has 0 bridgehead atoms. The summed E-state index contributed by atoms with van der Waals surface area (Å²) in [4.78, 5) is 27.8. The number of nitrogens with two attached hydrogens (primary N) is 2. The van der Waals surface area contributed by atoms with Crippen LogP contribution in [0.4, 0.5) is 11.4 Å². The highest BCUT2D eigenvalue weighted by molar-refractivity contribution is 5.96. The Kier molecular flexibility index (Phi) is 3.83. The summed E-state index contributed by atoms with van der Waals surface area (Å²) >= 11 is 0. The van der Waals surface area contributed by atoms with Gasteiger partial charge in [-0.1, -0.05) is 12.1 Å². The van der Waals surface area contributed by atoms with Gasteiger partial charge in [-0.05, 0) is 18.9 Å². The van der Waals surface area contributed by atoms with Gasteiger partial charge in [0, 0.05) is 12.6 Å². The highest BCUT2D eigenvalue weighted by Crippen LogP contribution is 2.33. The molecule has 2 rings (SSSR count). The molecule has 0 radical (unpaired) electrons. The predicted octanol–water partition coefficient (Wildman–Crippen LogP) is 0.364. The zero-order chi connectivity index (χ0) is 14.7. The number of rotatable bonds is 3. The number of aliphatic imine (C=N–C) groups is 1. The van der Waals surface area contributed by atoms with E-state index in [2.05, 4.69) is 4.99 Å². The number of carbonyl (C=O) groups excluding carboxylic acids is 1. The van der Waals surface area contributed by atoms with E-state index in [1.54, 1.807) is 23.1 Å².